The standard InChI is InChI=1S/C19H17N5/c20-19-23-17-7-6-14(9-18(17)24-19)15-8-16(12-21-11-15)22-10-13-4-2-1-3-5-13/h1-9,11-12,22H,10H2,(H3,20,23,24). The van der Waals surface area contributed by atoms with Crippen molar-refractivity contribution < 1.29 is 0 Å². The molecule has 5 heteroatoms. The number of nitrogens with zero attached hydrogens (tertiary/aromatic N) is 2. The lowest BCUT2D eigenvalue weighted by molar-refractivity contribution is 1.14. The van der Waals surface area contributed by atoms with Gasteiger partial charge in [0.1, 0.15) is 0 Å². The Morgan fingerprint density at radius 2 is 1.83 bits per heavy atom. The first-order valence-corrected chi connectivity index (χ1v) is 7.76. The molecule has 0 unspecified atom stereocenters. The van der Waals surface area contributed by atoms with E-state index in [1.165, 1.54) is 5.56 Å². The number of hydrogen-bond acceptors (Lipinski definition) is 4. The van der Waals surface area contributed by atoms with E-state index in [9.17, 15) is 0 Å². The van der Waals surface area contributed by atoms with Crippen LogP contribution >= 0.6 is 0 Å². The maximum absolute atomic E-state index is 5.71. The minimum Gasteiger partial charge on any atom is -0.380 e. The van der Waals surface area contributed by atoms with Crippen LogP contribution in [0.5, 0.6) is 0 Å². The summed E-state index contributed by atoms with van der Waals surface area (Å²) in [5.41, 5.74) is 11.8. The minimum absolute atomic E-state index is 0.429. The Labute approximate surface area is 139 Å². The molecule has 0 fully saturated rings. The topological polar surface area (TPSA) is 79.6 Å². The molecule has 4 aromatic rings. The molecule has 2 heterocycles. The summed E-state index contributed by atoms with van der Waals surface area (Å²) in [6.07, 6.45) is 3.69. The SMILES string of the molecule is Nc1nc2ccc(-c3cncc(NCc4ccccc4)c3)cc2[nH]1. The zero-order valence-electron chi connectivity index (χ0n) is 13.0. The van der Waals surface area contributed by atoms with Gasteiger partial charge in [-0.05, 0) is 29.3 Å². The number of benzene rings is 2. The molecule has 2 aromatic heterocycles. The highest BCUT2D eigenvalue weighted by molar-refractivity contribution is 5.83. The fourth-order valence-corrected chi connectivity index (χ4v) is 2.70. The predicted octanol–water partition coefficient (Wildman–Crippen LogP) is 3.82. The van der Waals surface area contributed by atoms with Crippen LogP contribution in [-0.2, 0) is 6.54 Å². The van der Waals surface area contributed by atoms with Gasteiger partial charge in [-0.3, -0.25) is 4.98 Å². The number of fused-ring (bicyclic) bond motifs is 1. The van der Waals surface area contributed by atoms with Crippen molar-refractivity contribution in [3.05, 3.63) is 72.6 Å². The number of pyridine rings is 1. The van der Waals surface area contributed by atoms with Gasteiger partial charge in [0.2, 0.25) is 0 Å². The molecule has 0 amide bonds. The summed E-state index contributed by atoms with van der Waals surface area (Å²) in [5, 5.41) is 3.41. The molecule has 0 aliphatic carbocycles. The average Bonchev–Trinajstić information content (AvgIpc) is 3.00. The van der Waals surface area contributed by atoms with E-state index < -0.39 is 0 Å². The first-order valence-electron chi connectivity index (χ1n) is 7.76. The van der Waals surface area contributed by atoms with E-state index in [-0.39, 0.29) is 0 Å². The van der Waals surface area contributed by atoms with Gasteiger partial charge >= 0.3 is 0 Å². The first-order chi connectivity index (χ1) is 11.8. The van der Waals surface area contributed by atoms with Crippen LogP contribution in [0.4, 0.5) is 11.6 Å². The third-order valence-corrected chi connectivity index (χ3v) is 3.91. The Morgan fingerprint density at radius 1 is 0.958 bits per heavy atom. The summed E-state index contributed by atoms with van der Waals surface area (Å²) >= 11 is 0. The second-order valence-corrected chi connectivity index (χ2v) is 5.66. The van der Waals surface area contributed by atoms with Crippen LogP contribution in [0.3, 0.4) is 0 Å². The lowest BCUT2D eigenvalue weighted by Crippen LogP contribution is -1.99. The molecule has 0 saturated carbocycles. The van der Waals surface area contributed by atoms with Gasteiger partial charge in [0, 0.05) is 24.5 Å². The number of H-pyrrole nitrogens is 1. The molecular weight excluding hydrogens is 298 g/mol. The molecule has 0 spiro atoms. The van der Waals surface area contributed by atoms with Gasteiger partial charge in [0.05, 0.1) is 16.7 Å². The molecular formula is C19H17N5. The molecule has 2 aromatic carbocycles. The van der Waals surface area contributed by atoms with Crippen LogP contribution in [0.2, 0.25) is 0 Å². The Kier molecular flexibility index (Phi) is 3.59. The second kappa shape index (κ2) is 6.04. The fourth-order valence-electron chi connectivity index (χ4n) is 2.70. The number of hydrogen-bond donors (Lipinski definition) is 3. The predicted molar refractivity (Wildman–Crippen MR) is 97.5 cm³/mol. The molecule has 5 nitrogen and oxygen atoms in total. The monoisotopic (exact) mass is 315 g/mol. The van der Waals surface area contributed by atoms with E-state index in [2.05, 4.69) is 38.5 Å². The van der Waals surface area contributed by atoms with Crippen molar-refractivity contribution >= 4 is 22.7 Å². The molecule has 0 aliphatic heterocycles. The van der Waals surface area contributed by atoms with Gasteiger partial charge in [0.15, 0.2) is 5.95 Å². The van der Waals surface area contributed by atoms with E-state index in [4.69, 9.17) is 5.73 Å². The Balaban J connectivity index is 1.58. The lowest BCUT2D eigenvalue weighted by Gasteiger charge is -2.08. The molecule has 0 bridgehead atoms. The van der Waals surface area contributed by atoms with E-state index in [1.54, 1.807) is 0 Å². The smallest absolute Gasteiger partial charge is 0.198 e. The average molecular weight is 315 g/mol. The normalized spacial score (nSPS) is 10.8. The lowest BCUT2D eigenvalue weighted by atomic mass is 10.1. The number of anilines is 2. The van der Waals surface area contributed by atoms with E-state index in [0.717, 1.165) is 34.4 Å². The van der Waals surface area contributed by atoms with E-state index >= 15 is 0 Å². The van der Waals surface area contributed by atoms with Crippen LogP contribution in [0.25, 0.3) is 22.2 Å². The van der Waals surface area contributed by atoms with Crippen molar-refractivity contribution in [1.82, 2.24) is 15.0 Å². The van der Waals surface area contributed by atoms with Crippen LogP contribution < -0.4 is 11.1 Å². The van der Waals surface area contributed by atoms with Gasteiger partial charge in [0.25, 0.3) is 0 Å². The fraction of sp³-hybridized carbons (Fsp3) is 0.0526. The number of nitrogens with one attached hydrogen (secondary N) is 2. The van der Waals surface area contributed by atoms with Crippen molar-refractivity contribution in [3.63, 3.8) is 0 Å². The molecule has 0 aliphatic rings. The molecule has 0 atom stereocenters. The third kappa shape index (κ3) is 2.92. The molecule has 0 radical (unpaired) electrons. The van der Waals surface area contributed by atoms with Crippen molar-refractivity contribution in [1.29, 1.82) is 0 Å². The Bertz CT molecular complexity index is 975. The van der Waals surface area contributed by atoms with Crippen LogP contribution in [0, 0.1) is 0 Å². The van der Waals surface area contributed by atoms with Gasteiger partial charge in [-0.1, -0.05) is 36.4 Å². The van der Waals surface area contributed by atoms with Gasteiger partial charge in [-0.2, -0.15) is 0 Å². The van der Waals surface area contributed by atoms with Crippen LogP contribution in [-0.4, -0.2) is 15.0 Å². The van der Waals surface area contributed by atoms with Crippen LogP contribution in [0.15, 0.2) is 67.0 Å². The van der Waals surface area contributed by atoms with E-state index in [1.807, 2.05) is 48.8 Å². The molecule has 0 saturated heterocycles. The first kappa shape index (κ1) is 14.3. The van der Waals surface area contributed by atoms with Crippen molar-refractivity contribution in [2.24, 2.45) is 0 Å². The summed E-state index contributed by atoms with van der Waals surface area (Å²) in [6, 6.07) is 18.4. The van der Waals surface area contributed by atoms with Crippen molar-refractivity contribution in [2.75, 3.05) is 11.1 Å². The third-order valence-electron chi connectivity index (χ3n) is 3.91. The van der Waals surface area contributed by atoms with Gasteiger partial charge in [-0.25, -0.2) is 4.98 Å². The molecule has 4 rings (SSSR count). The molecule has 24 heavy (non-hydrogen) atoms. The summed E-state index contributed by atoms with van der Waals surface area (Å²) in [7, 11) is 0. The highest BCUT2D eigenvalue weighted by Gasteiger charge is 2.05. The second-order valence-electron chi connectivity index (χ2n) is 5.66. The number of nitrogen functional groups attached to an aromatic ring is 1. The van der Waals surface area contributed by atoms with Crippen LogP contribution in [0.1, 0.15) is 5.56 Å². The number of aromatic nitrogens is 3. The quantitative estimate of drug-likeness (QED) is 0.535. The summed E-state index contributed by atoms with van der Waals surface area (Å²) in [6.45, 7) is 0.766. The number of nitrogens with two attached hydrogens (primary N) is 1. The van der Waals surface area contributed by atoms with Crippen molar-refractivity contribution in [2.45, 2.75) is 6.54 Å². The number of rotatable bonds is 4. The zero-order chi connectivity index (χ0) is 16.4. The molecule has 118 valence electrons. The maximum Gasteiger partial charge on any atom is 0.198 e. The largest absolute Gasteiger partial charge is 0.380 e. The highest BCUT2D eigenvalue weighted by atomic mass is 15.0. The molecule has 4 N–H and O–H groups in total. The number of aromatic amines is 1. The maximum atomic E-state index is 5.71. The highest BCUT2D eigenvalue weighted by Crippen LogP contribution is 2.25. The summed E-state index contributed by atoms with van der Waals surface area (Å²) in [4.78, 5) is 11.6. The number of imidazole rings is 1. The van der Waals surface area contributed by atoms with Crippen molar-refractivity contribution in [3.8, 4) is 11.1 Å². The minimum atomic E-state index is 0.429. The van der Waals surface area contributed by atoms with E-state index in [0.29, 0.717) is 5.95 Å². The Morgan fingerprint density at radius 3 is 2.71 bits per heavy atom. The van der Waals surface area contributed by atoms with Gasteiger partial charge in [-0.15, -0.1) is 0 Å². The summed E-state index contributed by atoms with van der Waals surface area (Å²) in [5.74, 6) is 0.429. The summed E-state index contributed by atoms with van der Waals surface area (Å²) < 4.78 is 0. The Hall–Kier alpha value is -3.34. The zero-order valence-corrected chi connectivity index (χ0v) is 13.0. The van der Waals surface area contributed by atoms with Gasteiger partial charge < -0.3 is 16.0 Å².